The number of fused-ring (bicyclic) bond motifs is 1. The molecular weight excluding hydrogens is 310 g/mol. The summed E-state index contributed by atoms with van der Waals surface area (Å²) < 4.78 is 31.0. The van der Waals surface area contributed by atoms with E-state index in [9.17, 15) is 13.2 Å². The van der Waals surface area contributed by atoms with Crippen molar-refractivity contribution < 1.29 is 17.9 Å². The van der Waals surface area contributed by atoms with Gasteiger partial charge in [0.1, 0.15) is 11.4 Å². The predicted molar refractivity (Wildman–Crippen MR) is 64.1 cm³/mol. The number of nitrogens with zero attached hydrogens (tertiary/aromatic N) is 1. The van der Waals surface area contributed by atoms with E-state index in [1.54, 1.807) is 7.05 Å². The third-order valence-corrected chi connectivity index (χ3v) is 7.22. The van der Waals surface area contributed by atoms with E-state index in [1.807, 2.05) is 0 Å². The van der Waals surface area contributed by atoms with Crippen molar-refractivity contribution in [3.8, 4) is 0 Å². The molecule has 5 atom stereocenters. The number of ether oxygens (including phenoxy) is 1. The van der Waals surface area contributed by atoms with Gasteiger partial charge in [-0.25, -0.2) is 8.42 Å². The Labute approximate surface area is 109 Å². The molecule has 7 heteroatoms. The number of hydrogen-bond acceptors (Lipinski definition) is 4. The van der Waals surface area contributed by atoms with Gasteiger partial charge in [0, 0.05) is 7.05 Å². The Balaban J connectivity index is 1.90. The van der Waals surface area contributed by atoms with Gasteiger partial charge in [-0.05, 0) is 24.7 Å². The minimum atomic E-state index is -3.16. The van der Waals surface area contributed by atoms with Gasteiger partial charge in [0.25, 0.3) is 0 Å². The van der Waals surface area contributed by atoms with Crippen LogP contribution in [0.3, 0.4) is 0 Å². The van der Waals surface area contributed by atoms with Crippen LogP contribution in [0, 0.1) is 11.8 Å². The average Bonchev–Trinajstić information content (AvgIpc) is 2.88. The summed E-state index contributed by atoms with van der Waals surface area (Å²) in [5, 5.41) is -0.0746. The van der Waals surface area contributed by atoms with Gasteiger partial charge in [0.2, 0.25) is 10.0 Å². The largest absolute Gasteiger partial charge is 0.460 e. The van der Waals surface area contributed by atoms with E-state index in [4.69, 9.17) is 4.74 Å². The van der Waals surface area contributed by atoms with Crippen LogP contribution in [-0.4, -0.2) is 48.5 Å². The van der Waals surface area contributed by atoms with Gasteiger partial charge in [-0.15, -0.1) is 0 Å². The lowest BCUT2D eigenvalue weighted by atomic mass is 9.92. The summed E-state index contributed by atoms with van der Waals surface area (Å²) in [6.45, 7) is 0. The Kier molecular flexibility index (Phi) is 2.58. The van der Waals surface area contributed by atoms with Gasteiger partial charge in [0.05, 0.1) is 11.3 Å². The monoisotopic (exact) mass is 323 g/mol. The summed E-state index contributed by atoms with van der Waals surface area (Å²) in [5.74, 6) is 0.0673. The van der Waals surface area contributed by atoms with Crippen LogP contribution in [0.2, 0.25) is 0 Å². The average molecular weight is 324 g/mol. The van der Waals surface area contributed by atoms with Gasteiger partial charge in [-0.1, -0.05) is 15.9 Å². The molecule has 5 nitrogen and oxygen atoms in total. The molecule has 96 valence electrons. The maximum absolute atomic E-state index is 12.1. The van der Waals surface area contributed by atoms with Crippen molar-refractivity contribution in [1.29, 1.82) is 0 Å². The number of alkyl halides is 1. The first-order valence-electron chi connectivity index (χ1n) is 5.69. The van der Waals surface area contributed by atoms with E-state index in [2.05, 4.69) is 15.9 Å². The number of esters is 1. The van der Waals surface area contributed by atoms with Crippen LogP contribution in [0.1, 0.15) is 12.8 Å². The SMILES string of the molecule is CN1C2C3CC(CC3S1(=O)=O)C2OC(=O)CBr. The van der Waals surface area contributed by atoms with E-state index in [1.165, 1.54) is 4.31 Å². The van der Waals surface area contributed by atoms with E-state index >= 15 is 0 Å². The normalized spacial score (nSPS) is 46.4. The van der Waals surface area contributed by atoms with Crippen LogP contribution in [0.4, 0.5) is 0 Å². The zero-order valence-corrected chi connectivity index (χ0v) is 11.8. The van der Waals surface area contributed by atoms with Crippen LogP contribution >= 0.6 is 15.9 Å². The van der Waals surface area contributed by atoms with Gasteiger partial charge in [0.15, 0.2) is 0 Å². The molecule has 0 aromatic rings. The van der Waals surface area contributed by atoms with Crippen LogP contribution in [0.5, 0.6) is 0 Å². The van der Waals surface area contributed by atoms with Gasteiger partial charge < -0.3 is 4.74 Å². The molecule has 0 spiro atoms. The van der Waals surface area contributed by atoms with Crippen LogP contribution in [0.25, 0.3) is 0 Å². The number of hydrogen-bond donors (Lipinski definition) is 0. The minimum Gasteiger partial charge on any atom is -0.460 e. The number of carbonyl (C=O) groups is 1. The fraction of sp³-hybridized carbons (Fsp3) is 0.900. The fourth-order valence-electron chi connectivity index (χ4n) is 3.77. The van der Waals surface area contributed by atoms with Gasteiger partial charge >= 0.3 is 5.97 Å². The van der Waals surface area contributed by atoms with Crippen molar-refractivity contribution in [2.75, 3.05) is 12.4 Å². The van der Waals surface area contributed by atoms with Crippen molar-refractivity contribution in [3.05, 3.63) is 0 Å². The summed E-state index contributed by atoms with van der Waals surface area (Å²) in [4.78, 5) is 11.4. The van der Waals surface area contributed by atoms with Crippen molar-refractivity contribution in [2.45, 2.75) is 30.2 Å². The molecule has 3 fully saturated rings. The Bertz CT molecular complexity index is 465. The first-order chi connectivity index (χ1) is 7.96. The van der Waals surface area contributed by atoms with Crippen molar-refractivity contribution in [1.82, 2.24) is 4.31 Å². The maximum Gasteiger partial charge on any atom is 0.316 e. The molecule has 2 bridgehead atoms. The predicted octanol–water partition coefficient (Wildman–Crippen LogP) is 0.345. The molecular formula is C10H14BrNO4S. The molecule has 2 aliphatic carbocycles. The molecule has 5 unspecified atom stereocenters. The third kappa shape index (κ3) is 1.45. The summed E-state index contributed by atoms with van der Waals surface area (Å²) in [6, 6.07) is -0.133. The zero-order valence-electron chi connectivity index (χ0n) is 9.37. The number of rotatable bonds is 2. The van der Waals surface area contributed by atoms with Crippen molar-refractivity contribution in [2.24, 2.45) is 11.8 Å². The molecule has 3 aliphatic rings. The Hall–Kier alpha value is -0.140. The second-order valence-electron chi connectivity index (χ2n) is 5.07. The molecule has 1 aliphatic heterocycles. The number of sulfonamides is 1. The molecule has 0 N–H and O–H groups in total. The van der Waals surface area contributed by atoms with E-state index < -0.39 is 10.0 Å². The van der Waals surface area contributed by atoms with Gasteiger partial charge in [-0.2, -0.15) is 4.31 Å². The highest BCUT2D eigenvalue weighted by molar-refractivity contribution is 9.09. The highest BCUT2D eigenvalue weighted by atomic mass is 79.9. The summed E-state index contributed by atoms with van der Waals surface area (Å²) in [6.07, 6.45) is 1.27. The smallest absolute Gasteiger partial charge is 0.316 e. The number of carbonyl (C=O) groups excluding carboxylic acids is 1. The van der Waals surface area contributed by atoms with E-state index in [0.29, 0.717) is 6.42 Å². The lowest BCUT2D eigenvalue weighted by Crippen LogP contribution is -2.42. The highest BCUT2D eigenvalue weighted by Gasteiger charge is 2.66. The highest BCUT2D eigenvalue weighted by Crippen LogP contribution is 2.56. The number of halogens is 1. The minimum absolute atomic E-state index is 0.133. The standard InChI is InChI=1S/C10H14BrNO4S/c1-12-9-6-2-5(3-7(6)17(12,14)15)10(9)16-8(13)4-11/h5-7,9-10H,2-4H2,1H3. The molecule has 0 radical (unpaired) electrons. The molecule has 1 saturated heterocycles. The first kappa shape index (κ1) is 11.9. The van der Waals surface area contributed by atoms with Crippen LogP contribution in [-0.2, 0) is 19.6 Å². The van der Waals surface area contributed by atoms with Crippen LogP contribution in [0.15, 0.2) is 0 Å². The third-order valence-electron chi connectivity index (χ3n) is 4.41. The molecule has 0 amide bonds. The fourth-order valence-corrected chi connectivity index (χ4v) is 6.15. The molecule has 0 aromatic heterocycles. The Morgan fingerprint density at radius 1 is 1.47 bits per heavy atom. The Morgan fingerprint density at radius 2 is 2.18 bits per heavy atom. The molecule has 17 heavy (non-hydrogen) atoms. The summed E-state index contributed by atoms with van der Waals surface area (Å²) >= 11 is 3.06. The lowest BCUT2D eigenvalue weighted by molar-refractivity contribution is -0.150. The maximum atomic E-state index is 12.1. The van der Waals surface area contributed by atoms with Gasteiger partial charge in [-0.3, -0.25) is 4.79 Å². The molecule has 1 heterocycles. The quantitative estimate of drug-likeness (QED) is 0.543. The van der Waals surface area contributed by atoms with E-state index in [0.717, 1.165) is 6.42 Å². The molecule has 2 saturated carbocycles. The summed E-state index contributed by atoms with van der Waals surface area (Å²) in [5.41, 5.74) is 0. The topological polar surface area (TPSA) is 63.7 Å². The van der Waals surface area contributed by atoms with Crippen molar-refractivity contribution in [3.63, 3.8) is 0 Å². The number of likely N-dealkylation sites (N-methyl/N-ethyl adjacent to an activating group) is 1. The first-order valence-corrected chi connectivity index (χ1v) is 8.31. The molecule has 0 aromatic carbocycles. The van der Waals surface area contributed by atoms with Crippen molar-refractivity contribution >= 4 is 31.9 Å². The summed E-state index contributed by atoms with van der Waals surface area (Å²) in [7, 11) is -1.55. The Morgan fingerprint density at radius 3 is 2.82 bits per heavy atom. The zero-order chi connectivity index (χ0) is 12.4. The second-order valence-corrected chi connectivity index (χ2v) is 7.85. The molecule has 3 rings (SSSR count). The second kappa shape index (κ2) is 3.68. The van der Waals surface area contributed by atoms with Crippen LogP contribution < -0.4 is 0 Å². The lowest BCUT2D eigenvalue weighted by Gasteiger charge is -2.28. The van der Waals surface area contributed by atoms with E-state index in [-0.39, 0.29) is 40.5 Å².